The van der Waals surface area contributed by atoms with Gasteiger partial charge in [-0.15, -0.1) is 0 Å². The van der Waals surface area contributed by atoms with Gasteiger partial charge in [0.25, 0.3) is 5.91 Å². The van der Waals surface area contributed by atoms with Gasteiger partial charge in [-0.1, -0.05) is 13.0 Å². The van der Waals surface area contributed by atoms with Crippen molar-refractivity contribution in [3.8, 4) is 0 Å². The molecule has 0 aliphatic carbocycles. The van der Waals surface area contributed by atoms with Crippen LogP contribution in [0.5, 0.6) is 0 Å². The fraction of sp³-hybridized carbons (Fsp3) is 0.455. The molecule has 0 radical (unpaired) electrons. The molecule has 1 amide bonds. The lowest BCUT2D eigenvalue weighted by Crippen LogP contribution is -2.27. The summed E-state index contributed by atoms with van der Waals surface area (Å²) < 4.78 is 0.633. The number of amides is 1. The molecule has 1 aromatic heterocycles. The van der Waals surface area contributed by atoms with E-state index in [4.69, 9.17) is 0 Å². The van der Waals surface area contributed by atoms with Crippen LogP contribution in [-0.4, -0.2) is 28.6 Å². The van der Waals surface area contributed by atoms with Crippen molar-refractivity contribution in [2.75, 3.05) is 6.54 Å². The van der Waals surface area contributed by atoms with Gasteiger partial charge in [0.2, 0.25) is 0 Å². The number of aliphatic hydroxyl groups excluding tert-OH is 1. The molecule has 4 nitrogen and oxygen atoms in total. The van der Waals surface area contributed by atoms with E-state index in [9.17, 15) is 9.90 Å². The summed E-state index contributed by atoms with van der Waals surface area (Å²) in [6.45, 7) is 2.37. The van der Waals surface area contributed by atoms with Crippen molar-refractivity contribution in [2.24, 2.45) is 0 Å². The quantitative estimate of drug-likeness (QED) is 0.811. The minimum Gasteiger partial charge on any atom is -0.393 e. The number of rotatable bonds is 5. The maximum absolute atomic E-state index is 11.6. The number of nitrogens with one attached hydrogen (secondary N) is 1. The Balaban J connectivity index is 2.41. The monoisotopic (exact) mass is 286 g/mol. The fourth-order valence-corrected chi connectivity index (χ4v) is 1.53. The first-order chi connectivity index (χ1) is 7.63. The number of carbonyl (C=O) groups excluding carboxylic acids is 1. The average Bonchev–Trinajstić information content (AvgIpc) is 2.28. The Labute approximate surface area is 103 Å². The number of pyridine rings is 1. The molecule has 0 saturated carbocycles. The van der Waals surface area contributed by atoms with E-state index < -0.39 is 0 Å². The Morgan fingerprint density at radius 1 is 1.62 bits per heavy atom. The molecule has 0 aromatic carbocycles. The molecule has 0 bridgehead atoms. The fourth-order valence-electron chi connectivity index (χ4n) is 1.18. The van der Waals surface area contributed by atoms with Crippen LogP contribution in [0.3, 0.4) is 0 Å². The number of carbonyl (C=O) groups is 1. The van der Waals surface area contributed by atoms with Crippen molar-refractivity contribution in [1.82, 2.24) is 10.3 Å². The molecule has 1 aromatic rings. The number of halogens is 1. The highest BCUT2D eigenvalue weighted by molar-refractivity contribution is 9.10. The maximum atomic E-state index is 11.6. The standard InChI is InChI=1S/C11H15BrN2O2/c1-2-8(15)6-7-13-11(16)9-4-3-5-10(12)14-9/h3-5,8,15H,2,6-7H2,1H3,(H,13,16). The largest absolute Gasteiger partial charge is 0.393 e. The van der Waals surface area contributed by atoms with Crippen molar-refractivity contribution in [3.63, 3.8) is 0 Å². The van der Waals surface area contributed by atoms with Crippen molar-refractivity contribution in [1.29, 1.82) is 0 Å². The second-order valence-corrected chi connectivity index (χ2v) is 4.26. The van der Waals surface area contributed by atoms with E-state index in [0.717, 1.165) is 0 Å². The molecular formula is C11H15BrN2O2. The van der Waals surface area contributed by atoms with Gasteiger partial charge in [-0.2, -0.15) is 0 Å². The highest BCUT2D eigenvalue weighted by Gasteiger charge is 2.07. The summed E-state index contributed by atoms with van der Waals surface area (Å²) >= 11 is 3.20. The second kappa shape index (κ2) is 6.60. The van der Waals surface area contributed by atoms with Crippen molar-refractivity contribution in [3.05, 3.63) is 28.5 Å². The van der Waals surface area contributed by atoms with Crippen LogP contribution in [-0.2, 0) is 0 Å². The number of aliphatic hydroxyl groups is 1. The summed E-state index contributed by atoms with van der Waals surface area (Å²) in [4.78, 5) is 15.6. The van der Waals surface area contributed by atoms with Crippen molar-refractivity contribution >= 4 is 21.8 Å². The van der Waals surface area contributed by atoms with Crippen LogP contribution >= 0.6 is 15.9 Å². The lowest BCUT2D eigenvalue weighted by Gasteiger charge is -2.08. The zero-order valence-electron chi connectivity index (χ0n) is 9.11. The average molecular weight is 287 g/mol. The van der Waals surface area contributed by atoms with Crippen LogP contribution in [0.25, 0.3) is 0 Å². The van der Waals surface area contributed by atoms with Gasteiger partial charge in [0, 0.05) is 6.54 Å². The Morgan fingerprint density at radius 2 is 2.38 bits per heavy atom. The summed E-state index contributed by atoms with van der Waals surface area (Å²) in [5.74, 6) is -0.218. The molecule has 88 valence electrons. The third-order valence-corrected chi connectivity index (χ3v) is 2.62. The predicted octanol–water partition coefficient (Wildman–Crippen LogP) is 1.73. The summed E-state index contributed by atoms with van der Waals surface area (Å²) in [5.41, 5.74) is 0.375. The first kappa shape index (κ1) is 13.1. The highest BCUT2D eigenvalue weighted by atomic mass is 79.9. The van der Waals surface area contributed by atoms with E-state index in [1.807, 2.05) is 6.92 Å². The predicted molar refractivity (Wildman–Crippen MR) is 65.2 cm³/mol. The third-order valence-electron chi connectivity index (χ3n) is 2.18. The summed E-state index contributed by atoms with van der Waals surface area (Å²) in [5, 5.41) is 12.0. The maximum Gasteiger partial charge on any atom is 0.269 e. The van der Waals surface area contributed by atoms with Crippen LogP contribution in [0.4, 0.5) is 0 Å². The molecular weight excluding hydrogens is 272 g/mol. The van der Waals surface area contributed by atoms with Crippen molar-refractivity contribution < 1.29 is 9.90 Å². The van der Waals surface area contributed by atoms with Gasteiger partial charge in [0.15, 0.2) is 0 Å². The Morgan fingerprint density at radius 3 is 3.00 bits per heavy atom. The smallest absolute Gasteiger partial charge is 0.269 e. The van der Waals surface area contributed by atoms with Gasteiger partial charge < -0.3 is 10.4 Å². The molecule has 0 spiro atoms. The van der Waals surface area contributed by atoms with Crippen LogP contribution in [0.15, 0.2) is 22.8 Å². The lowest BCUT2D eigenvalue weighted by atomic mass is 10.2. The van der Waals surface area contributed by atoms with Gasteiger partial charge in [-0.3, -0.25) is 4.79 Å². The van der Waals surface area contributed by atoms with Gasteiger partial charge in [0.05, 0.1) is 6.10 Å². The Kier molecular flexibility index (Phi) is 5.42. The summed E-state index contributed by atoms with van der Waals surface area (Å²) in [7, 11) is 0. The molecule has 0 aliphatic rings. The normalized spacial score (nSPS) is 12.2. The number of aromatic nitrogens is 1. The second-order valence-electron chi connectivity index (χ2n) is 3.45. The molecule has 0 fully saturated rings. The number of hydrogen-bond donors (Lipinski definition) is 2. The first-order valence-corrected chi connectivity index (χ1v) is 6.01. The molecule has 1 unspecified atom stereocenters. The molecule has 1 rings (SSSR count). The van der Waals surface area contributed by atoms with E-state index in [-0.39, 0.29) is 12.0 Å². The Hall–Kier alpha value is -0.940. The minimum atomic E-state index is -0.351. The summed E-state index contributed by atoms with van der Waals surface area (Å²) in [6.07, 6.45) is 0.914. The SMILES string of the molecule is CCC(O)CCNC(=O)c1cccc(Br)n1. The van der Waals surface area contributed by atoms with Crippen LogP contribution < -0.4 is 5.32 Å². The van der Waals surface area contributed by atoms with Gasteiger partial charge in [-0.05, 0) is 40.9 Å². The molecule has 5 heteroatoms. The first-order valence-electron chi connectivity index (χ1n) is 5.22. The molecule has 16 heavy (non-hydrogen) atoms. The van der Waals surface area contributed by atoms with E-state index >= 15 is 0 Å². The van der Waals surface area contributed by atoms with Gasteiger partial charge in [-0.25, -0.2) is 4.98 Å². The highest BCUT2D eigenvalue weighted by Crippen LogP contribution is 2.06. The molecule has 1 heterocycles. The number of nitrogens with zero attached hydrogens (tertiary/aromatic N) is 1. The number of hydrogen-bond acceptors (Lipinski definition) is 3. The third kappa shape index (κ3) is 4.28. The molecule has 2 N–H and O–H groups in total. The van der Waals surface area contributed by atoms with Crippen molar-refractivity contribution in [2.45, 2.75) is 25.9 Å². The zero-order valence-corrected chi connectivity index (χ0v) is 10.7. The molecule has 0 saturated heterocycles. The summed E-state index contributed by atoms with van der Waals surface area (Å²) in [6, 6.07) is 5.17. The topological polar surface area (TPSA) is 62.2 Å². The van der Waals surface area contributed by atoms with E-state index in [1.165, 1.54) is 0 Å². The van der Waals surface area contributed by atoms with Crippen LogP contribution in [0.1, 0.15) is 30.3 Å². The van der Waals surface area contributed by atoms with E-state index in [0.29, 0.717) is 29.7 Å². The molecule has 0 aliphatic heterocycles. The van der Waals surface area contributed by atoms with E-state index in [2.05, 4.69) is 26.2 Å². The molecule has 1 atom stereocenters. The minimum absolute atomic E-state index is 0.218. The zero-order chi connectivity index (χ0) is 12.0. The van der Waals surface area contributed by atoms with Crippen LogP contribution in [0, 0.1) is 0 Å². The van der Waals surface area contributed by atoms with E-state index in [1.54, 1.807) is 18.2 Å². The van der Waals surface area contributed by atoms with Gasteiger partial charge in [0.1, 0.15) is 10.3 Å². The van der Waals surface area contributed by atoms with Gasteiger partial charge >= 0.3 is 0 Å². The van der Waals surface area contributed by atoms with Crippen LogP contribution in [0.2, 0.25) is 0 Å². The lowest BCUT2D eigenvalue weighted by molar-refractivity contribution is 0.0937. The Bertz CT molecular complexity index is 358.